The molecule has 0 spiro atoms. The maximum atomic E-state index is 10.9. The second-order valence-electron chi connectivity index (χ2n) is 2.77. The second-order valence-corrected chi connectivity index (χ2v) is 4.45. The Morgan fingerprint density at radius 2 is 2.25 bits per heavy atom. The SMILES string of the molecule is O=C(O)C(=O)Oc1ccnc2cc(Cl)sc12. The molecule has 2 aromatic rings. The molecule has 0 aliphatic carbocycles. The molecule has 0 saturated carbocycles. The average molecular weight is 258 g/mol. The van der Waals surface area contributed by atoms with Gasteiger partial charge in [-0.15, -0.1) is 11.3 Å². The standard InChI is InChI=1S/C9H4ClNO4S/c10-6-3-4-7(16-6)5(1-2-11-4)15-9(14)8(12)13/h1-3H,(H,12,13). The third-order valence-electron chi connectivity index (χ3n) is 1.72. The van der Waals surface area contributed by atoms with Crippen LogP contribution in [0.3, 0.4) is 0 Å². The average Bonchev–Trinajstić information content (AvgIpc) is 2.59. The highest BCUT2D eigenvalue weighted by Gasteiger charge is 2.17. The van der Waals surface area contributed by atoms with Gasteiger partial charge >= 0.3 is 11.9 Å². The zero-order valence-electron chi connectivity index (χ0n) is 7.64. The third kappa shape index (κ3) is 1.98. The highest BCUT2D eigenvalue weighted by molar-refractivity contribution is 7.23. The molecule has 0 radical (unpaired) electrons. The van der Waals surface area contributed by atoms with Crippen molar-refractivity contribution in [2.24, 2.45) is 0 Å². The highest BCUT2D eigenvalue weighted by Crippen LogP contribution is 2.34. The predicted octanol–water partition coefficient (Wildman–Crippen LogP) is 1.94. The number of halogens is 1. The zero-order valence-corrected chi connectivity index (χ0v) is 9.21. The molecule has 0 aliphatic rings. The number of rotatable bonds is 1. The van der Waals surface area contributed by atoms with E-state index in [9.17, 15) is 9.59 Å². The summed E-state index contributed by atoms with van der Waals surface area (Å²) in [5.74, 6) is -2.83. The summed E-state index contributed by atoms with van der Waals surface area (Å²) in [6.07, 6.45) is 1.41. The van der Waals surface area contributed by atoms with E-state index in [4.69, 9.17) is 16.7 Å². The number of hydrogen-bond acceptors (Lipinski definition) is 5. The highest BCUT2D eigenvalue weighted by atomic mass is 35.5. The van der Waals surface area contributed by atoms with E-state index in [1.807, 2.05) is 0 Å². The maximum Gasteiger partial charge on any atom is 0.422 e. The van der Waals surface area contributed by atoms with Crippen LogP contribution in [-0.2, 0) is 9.59 Å². The van der Waals surface area contributed by atoms with Crippen molar-refractivity contribution in [2.75, 3.05) is 0 Å². The van der Waals surface area contributed by atoms with Crippen LogP contribution >= 0.6 is 22.9 Å². The van der Waals surface area contributed by atoms with Gasteiger partial charge in [0.1, 0.15) is 0 Å². The van der Waals surface area contributed by atoms with Crippen LogP contribution in [0, 0.1) is 0 Å². The molecule has 0 unspecified atom stereocenters. The molecule has 1 N–H and O–H groups in total. The lowest BCUT2D eigenvalue weighted by molar-refractivity contribution is -0.157. The number of fused-ring (bicyclic) bond motifs is 1. The number of hydrogen-bond donors (Lipinski definition) is 1. The first-order chi connectivity index (χ1) is 7.58. The molecule has 16 heavy (non-hydrogen) atoms. The van der Waals surface area contributed by atoms with Gasteiger partial charge in [0.2, 0.25) is 0 Å². The lowest BCUT2D eigenvalue weighted by Gasteiger charge is -2.00. The number of carbonyl (C=O) groups excluding carboxylic acids is 1. The first-order valence-corrected chi connectivity index (χ1v) is 5.26. The number of pyridine rings is 1. The van der Waals surface area contributed by atoms with Crippen LogP contribution in [0.15, 0.2) is 18.3 Å². The molecule has 0 atom stereocenters. The summed E-state index contributed by atoms with van der Waals surface area (Å²) >= 11 is 6.94. The molecule has 5 nitrogen and oxygen atoms in total. The number of esters is 1. The van der Waals surface area contributed by atoms with Crippen molar-refractivity contribution in [1.82, 2.24) is 4.98 Å². The van der Waals surface area contributed by atoms with Gasteiger partial charge in [0.25, 0.3) is 0 Å². The molecule has 0 aromatic carbocycles. The quantitative estimate of drug-likeness (QED) is 0.624. The Bertz CT molecular complexity index is 580. The van der Waals surface area contributed by atoms with Crippen LogP contribution in [0.2, 0.25) is 4.34 Å². The number of carbonyl (C=O) groups is 2. The van der Waals surface area contributed by atoms with Crippen molar-refractivity contribution in [1.29, 1.82) is 0 Å². The van der Waals surface area contributed by atoms with Gasteiger partial charge in [0.15, 0.2) is 5.75 Å². The normalized spacial score (nSPS) is 10.3. The maximum absolute atomic E-state index is 10.9. The number of aromatic nitrogens is 1. The minimum absolute atomic E-state index is 0.148. The van der Waals surface area contributed by atoms with Gasteiger partial charge in [0, 0.05) is 12.3 Å². The van der Waals surface area contributed by atoms with E-state index in [0.717, 1.165) is 0 Å². The molecule has 2 rings (SSSR count). The topological polar surface area (TPSA) is 76.5 Å². The summed E-state index contributed by atoms with van der Waals surface area (Å²) in [5.41, 5.74) is 0.561. The van der Waals surface area contributed by atoms with Crippen LogP contribution < -0.4 is 4.74 Å². The fourth-order valence-corrected chi connectivity index (χ4v) is 2.24. The Hall–Kier alpha value is -1.66. The van der Waals surface area contributed by atoms with E-state index in [1.165, 1.54) is 23.6 Å². The van der Waals surface area contributed by atoms with E-state index in [1.54, 1.807) is 6.07 Å². The lowest BCUT2D eigenvalue weighted by atomic mass is 10.4. The smallest absolute Gasteiger partial charge is 0.422 e. The molecule has 2 heterocycles. The van der Waals surface area contributed by atoms with Crippen molar-refractivity contribution < 1.29 is 19.4 Å². The molecule has 0 aliphatic heterocycles. The Morgan fingerprint density at radius 3 is 2.94 bits per heavy atom. The molecule has 2 aromatic heterocycles. The number of aliphatic carboxylic acids is 1. The van der Waals surface area contributed by atoms with Gasteiger partial charge in [-0.25, -0.2) is 9.59 Å². The fourth-order valence-electron chi connectivity index (χ4n) is 1.11. The van der Waals surface area contributed by atoms with Gasteiger partial charge < -0.3 is 9.84 Å². The molecular formula is C9H4ClNO4S. The van der Waals surface area contributed by atoms with Crippen LogP contribution in [0.4, 0.5) is 0 Å². The first-order valence-electron chi connectivity index (χ1n) is 4.07. The Balaban J connectivity index is 2.44. The summed E-state index contributed by atoms with van der Waals surface area (Å²) in [6.45, 7) is 0. The minimum Gasteiger partial charge on any atom is -0.473 e. The zero-order chi connectivity index (χ0) is 11.7. The van der Waals surface area contributed by atoms with Crippen molar-refractivity contribution in [3.8, 4) is 5.75 Å². The number of carboxylic acid groups (broad SMARTS) is 1. The summed E-state index contributed by atoms with van der Waals surface area (Å²) < 4.78 is 5.71. The number of thiophene rings is 1. The summed E-state index contributed by atoms with van der Waals surface area (Å²) in [5, 5.41) is 8.41. The number of nitrogens with zero attached hydrogens (tertiary/aromatic N) is 1. The molecule has 0 saturated heterocycles. The molecule has 7 heteroatoms. The van der Waals surface area contributed by atoms with Crippen LogP contribution in [-0.4, -0.2) is 22.0 Å². The van der Waals surface area contributed by atoms with Crippen molar-refractivity contribution in [3.05, 3.63) is 22.7 Å². The van der Waals surface area contributed by atoms with Gasteiger partial charge in [-0.1, -0.05) is 11.6 Å². The Kier molecular flexibility index (Phi) is 2.76. The third-order valence-corrected chi connectivity index (χ3v) is 2.99. The van der Waals surface area contributed by atoms with Crippen molar-refractivity contribution in [3.63, 3.8) is 0 Å². The van der Waals surface area contributed by atoms with Crippen molar-refractivity contribution in [2.45, 2.75) is 0 Å². The summed E-state index contributed by atoms with van der Waals surface area (Å²) in [7, 11) is 0. The molecule has 0 amide bonds. The van der Waals surface area contributed by atoms with Crippen molar-refractivity contribution >= 4 is 45.1 Å². The summed E-state index contributed by atoms with van der Waals surface area (Å²) in [4.78, 5) is 25.2. The lowest BCUT2D eigenvalue weighted by Crippen LogP contribution is -2.19. The number of carboxylic acids is 1. The van der Waals surface area contributed by atoms with E-state index in [2.05, 4.69) is 9.72 Å². The van der Waals surface area contributed by atoms with E-state index < -0.39 is 11.9 Å². The van der Waals surface area contributed by atoms with Crippen LogP contribution in [0.25, 0.3) is 10.2 Å². The van der Waals surface area contributed by atoms with Crippen LogP contribution in [0.1, 0.15) is 0 Å². The monoisotopic (exact) mass is 257 g/mol. The molecular weight excluding hydrogens is 254 g/mol. The van der Waals surface area contributed by atoms with E-state index in [-0.39, 0.29) is 5.75 Å². The Morgan fingerprint density at radius 1 is 1.50 bits per heavy atom. The molecule has 0 bridgehead atoms. The first kappa shape index (κ1) is 10.8. The number of ether oxygens (including phenoxy) is 1. The van der Waals surface area contributed by atoms with Gasteiger partial charge in [-0.2, -0.15) is 0 Å². The minimum atomic E-state index is -1.65. The van der Waals surface area contributed by atoms with E-state index in [0.29, 0.717) is 14.6 Å². The van der Waals surface area contributed by atoms with E-state index >= 15 is 0 Å². The summed E-state index contributed by atoms with van der Waals surface area (Å²) in [6, 6.07) is 3.02. The molecule has 0 fully saturated rings. The fraction of sp³-hybridized carbons (Fsp3) is 0. The largest absolute Gasteiger partial charge is 0.473 e. The Labute approximate surface area is 98.2 Å². The van der Waals surface area contributed by atoms with Gasteiger partial charge in [-0.3, -0.25) is 4.98 Å². The van der Waals surface area contributed by atoms with Gasteiger partial charge in [-0.05, 0) is 6.07 Å². The molecule has 82 valence electrons. The van der Waals surface area contributed by atoms with Crippen LogP contribution in [0.5, 0.6) is 5.75 Å². The second kappa shape index (κ2) is 4.07. The van der Waals surface area contributed by atoms with Gasteiger partial charge in [0.05, 0.1) is 14.6 Å². The predicted molar refractivity (Wildman–Crippen MR) is 57.9 cm³/mol.